The summed E-state index contributed by atoms with van der Waals surface area (Å²) in [7, 11) is 0. The van der Waals surface area contributed by atoms with Gasteiger partial charge in [0.25, 0.3) is 0 Å². The van der Waals surface area contributed by atoms with E-state index in [1.807, 2.05) is 0 Å². The van der Waals surface area contributed by atoms with Crippen molar-refractivity contribution in [3.05, 3.63) is 0 Å². The first-order valence-electron chi connectivity index (χ1n) is 29.8. The summed E-state index contributed by atoms with van der Waals surface area (Å²) in [5.74, 6) is 0.917. The topological polar surface area (TPSA) is 78.9 Å². The molecule has 0 rings (SSSR count). The van der Waals surface area contributed by atoms with Crippen molar-refractivity contribution in [2.24, 2.45) is 11.8 Å². The van der Waals surface area contributed by atoms with Crippen LogP contribution in [0.5, 0.6) is 0 Å². The highest BCUT2D eigenvalue weighted by atomic mass is 16.6. The average molecular weight is 934 g/mol. The zero-order chi connectivity index (χ0) is 48.2. The third-order valence-corrected chi connectivity index (χ3v) is 14.4. The predicted molar refractivity (Wildman–Crippen MR) is 284 cm³/mol. The molecule has 0 fully saturated rings. The number of ether oxygens (including phenoxy) is 3. The molecule has 0 aromatic heterocycles. The van der Waals surface area contributed by atoms with E-state index < -0.39 is 6.10 Å². The fraction of sp³-hybridized carbons (Fsp3) is 0.950. The minimum absolute atomic E-state index is 0.0629. The standard InChI is InChI=1S/C60H116O6/c1-6-9-10-11-12-13-14-15-23-26-29-35-40-45-50-58(61)64-53-57(54-65-59(62)51-46-41-36-32-31-34-39-44-49-56(5)8-3)66-60(63)52-47-42-37-30-27-24-21-19-17-16-18-20-22-25-28-33-38-43-48-55(4)7-2/h55-57H,6-54H2,1-5H3/t55?,56?,57-/m1/s1. The second-order valence-corrected chi connectivity index (χ2v) is 21.1. The molecular formula is C60H116O6. The van der Waals surface area contributed by atoms with Crippen molar-refractivity contribution >= 4 is 17.9 Å². The van der Waals surface area contributed by atoms with Crippen molar-refractivity contribution in [1.29, 1.82) is 0 Å². The lowest BCUT2D eigenvalue weighted by Gasteiger charge is -2.18. The van der Waals surface area contributed by atoms with Gasteiger partial charge in [-0.3, -0.25) is 14.4 Å². The highest BCUT2D eigenvalue weighted by molar-refractivity contribution is 5.71. The first-order chi connectivity index (χ1) is 32.3. The largest absolute Gasteiger partial charge is 0.462 e. The summed E-state index contributed by atoms with van der Waals surface area (Å²) in [6, 6.07) is 0. The van der Waals surface area contributed by atoms with E-state index in [9.17, 15) is 14.4 Å². The van der Waals surface area contributed by atoms with Gasteiger partial charge in [0.15, 0.2) is 6.10 Å². The summed E-state index contributed by atoms with van der Waals surface area (Å²) in [6.45, 7) is 11.5. The Hall–Kier alpha value is -1.59. The number of carbonyl (C=O) groups excluding carboxylic acids is 3. The second kappa shape index (κ2) is 52.8. The Balaban J connectivity index is 4.24. The van der Waals surface area contributed by atoms with Crippen LogP contribution in [0.3, 0.4) is 0 Å². The van der Waals surface area contributed by atoms with Crippen LogP contribution in [0.15, 0.2) is 0 Å². The highest BCUT2D eigenvalue weighted by Gasteiger charge is 2.19. The van der Waals surface area contributed by atoms with E-state index >= 15 is 0 Å². The van der Waals surface area contributed by atoms with Gasteiger partial charge in [-0.2, -0.15) is 0 Å². The third-order valence-electron chi connectivity index (χ3n) is 14.4. The van der Waals surface area contributed by atoms with Crippen LogP contribution in [-0.4, -0.2) is 37.2 Å². The molecule has 0 aromatic rings. The van der Waals surface area contributed by atoms with Crippen LogP contribution in [0.1, 0.15) is 336 Å². The van der Waals surface area contributed by atoms with Crippen LogP contribution >= 0.6 is 0 Å². The van der Waals surface area contributed by atoms with E-state index in [1.165, 1.54) is 225 Å². The first-order valence-corrected chi connectivity index (χ1v) is 29.8. The van der Waals surface area contributed by atoms with Crippen LogP contribution < -0.4 is 0 Å². The Morgan fingerprint density at radius 3 is 0.788 bits per heavy atom. The van der Waals surface area contributed by atoms with Gasteiger partial charge in [0.1, 0.15) is 13.2 Å². The van der Waals surface area contributed by atoms with E-state index in [0.717, 1.165) is 69.6 Å². The first kappa shape index (κ1) is 64.4. The summed E-state index contributed by atoms with van der Waals surface area (Å²) in [4.78, 5) is 38.1. The molecule has 3 atom stereocenters. The lowest BCUT2D eigenvalue weighted by molar-refractivity contribution is -0.167. The fourth-order valence-corrected chi connectivity index (χ4v) is 9.16. The van der Waals surface area contributed by atoms with Gasteiger partial charge in [-0.15, -0.1) is 0 Å². The number of rotatable bonds is 54. The molecule has 0 bridgehead atoms. The molecule has 2 unspecified atom stereocenters. The number of unbranched alkanes of at least 4 members (excludes halogenated alkanes) is 37. The molecule has 0 amide bonds. The smallest absolute Gasteiger partial charge is 0.306 e. The van der Waals surface area contributed by atoms with E-state index in [-0.39, 0.29) is 31.1 Å². The fourth-order valence-electron chi connectivity index (χ4n) is 9.16. The molecule has 0 radical (unpaired) electrons. The molecule has 6 heteroatoms. The summed E-state index contributed by atoms with van der Waals surface area (Å²) >= 11 is 0. The van der Waals surface area contributed by atoms with Crippen molar-refractivity contribution in [2.75, 3.05) is 13.2 Å². The maximum atomic E-state index is 12.9. The van der Waals surface area contributed by atoms with E-state index in [0.29, 0.717) is 19.3 Å². The van der Waals surface area contributed by atoms with Crippen LogP contribution in [0.25, 0.3) is 0 Å². The second-order valence-electron chi connectivity index (χ2n) is 21.1. The third kappa shape index (κ3) is 50.3. The van der Waals surface area contributed by atoms with Crippen molar-refractivity contribution in [3.8, 4) is 0 Å². The maximum Gasteiger partial charge on any atom is 0.306 e. The van der Waals surface area contributed by atoms with Gasteiger partial charge in [-0.25, -0.2) is 0 Å². The van der Waals surface area contributed by atoms with Crippen molar-refractivity contribution < 1.29 is 28.6 Å². The Morgan fingerprint density at radius 1 is 0.303 bits per heavy atom. The van der Waals surface area contributed by atoms with Gasteiger partial charge in [-0.1, -0.05) is 298 Å². The molecule has 0 saturated heterocycles. The SMILES string of the molecule is CCCCCCCCCCCCCCCCC(=O)OC[C@H](COC(=O)CCCCCCCCCCC(C)CC)OC(=O)CCCCCCCCCCCCCCCCCCCCC(C)CC. The monoisotopic (exact) mass is 933 g/mol. The molecule has 0 saturated carbocycles. The molecule has 66 heavy (non-hydrogen) atoms. The van der Waals surface area contributed by atoms with Gasteiger partial charge in [0.2, 0.25) is 0 Å². The number of hydrogen-bond acceptors (Lipinski definition) is 6. The molecule has 0 N–H and O–H groups in total. The summed E-state index contributed by atoms with van der Waals surface area (Å²) in [5.41, 5.74) is 0. The Morgan fingerprint density at radius 2 is 0.530 bits per heavy atom. The van der Waals surface area contributed by atoms with Crippen LogP contribution in [0.2, 0.25) is 0 Å². The van der Waals surface area contributed by atoms with E-state index in [4.69, 9.17) is 14.2 Å². The van der Waals surface area contributed by atoms with Crippen molar-refractivity contribution in [2.45, 2.75) is 343 Å². The van der Waals surface area contributed by atoms with Gasteiger partial charge >= 0.3 is 17.9 Å². The summed E-state index contributed by atoms with van der Waals surface area (Å²) in [5, 5.41) is 0. The highest BCUT2D eigenvalue weighted by Crippen LogP contribution is 2.19. The normalized spacial score (nSPS) is 12.9. The minimum Gasteiger partial charge on any atom is -0.462 e. The molecule has 392 valence electrons. The molecule has 0 aromatic carbocycles. The van der Waals surface area contributed by atoms with Gasteiger partial charge in [0.05, 0.1) is 0 Å². The molecule has 6 nitrogen and oxygen atoms in total. The zero-order valence-corrected chi connectivity index (χ0v) is 45.3. The van der Waals surface area contributed by atoms with E-state index in [2.05, 4.69) is 34.6 Å². The number of esters is 3. The van der Waals surface area contributed by atoms with Crippen LogP contribution in [0.4, 0.5) is 0 Å². The maximum absolute atomic E-state index is 12.9. The summed E-state index contributed by atoms with van der Waals surface area (Å²) < 4.78 is 16.9. The molecule has 0 aliphatic heterocycles. The Kier molecular flexibility index (Phi) is 51.5. The molecule has 0 aliphatic carbocycles. The van der Waals surface area contributed by atoms with E-state index in [1.54, 1.807) is 0 Å². The van der Waals surface area contributed by atoms with Crippen molar-refractivity contribution in [3.63, 3.8) is 0 Å². The lowest BCUT2D eigenvalue weighted by atomic mass is 9.99. The Bertz CT molecular complexity index is 1010. The van der Waals surface area contributed by atoms with Gasteiger partial charge < -0.3 is 14.2 Å². The molecule has 0 aliphatic rings. The molecule has 0 heterocycles. The number of hydrogen-bond donors (Lipinski definition) is 0. The van der Waals surface area contributed by atoms with Gasteiger partial charge in [-0.05, 0) is 31.1 Å². The van der Waals surface area contributed by atoms with Crippen LogP contribution in [0, 0.1) is 11.8 Å². The quantitative estimate of drug-likeness (QED) is 0.0343. The summed E-state index contributed by atoms with van der Waals surface area (Å²) in [6.07, 6.45) is 56.6. The van der Waals surface area contributed by atoms with Crippen LogP contribution in [-0.2, 0) is 28.6 Å². The van der Waals surface area contributed by atoms with Crippen molar-refractivity contribution in [1.82, 2.24) is 0 Å². The Labute approximate surface area is 412 Å². The average Bonchev–Trinajstić information content (AvgIpc) is 3.32. The number of carbonyl (C=O) groups is 3. The lowest BCUT2D eigenvalue weighted by Crippen LogP contribution is -2.30. The minimum atomic E-state index is -0.763. The predicted octanol–water partition coefficient (Wildman–Crippen LogP) is 19.7. The van der Waals surface area contributed by atoms with Gasteiger partial charge in [0, 0.05) is 19.3 Å². The zero-order valence-electron chi connectivity index (χ0n) is 45.3. The molecular weight excluding hydrogens is 817 g/mol. The molecule has 0 spiro atoms.